The number of ketones is 1. The Morgan fingerprint density at radius 1 is 1.12 bits per heavy atom. The Balaban J connectivity index is 2.20. The smallest absolute Gasteiger partial charge is 0.329 e. The van der Waals surface area contributed by atoms with Crippen LogP contribution in [0.3, 0.4) is 0 Å². The van der Waals surface area contributed by atoms with E-state index < -0.39 is 29.2 Å². The fourth-order valence-corrected chi connectivity index (χ4v) is 2.98. The lowest BCUT2D eigenvalue weighted by Crippen LogP contribution is -2.46. The molecule has 1 aliphatic rings. The van der Waals surface area contributed by atoms with Gasteiger partial charge < -0.3 is 4.74 Å². The minimum atomic E-state index is -1.04. The predicted molar refractivity (Wildman–Crippen MR) is 99.2 cm³/mol. The Labute approximate surface area is 157 Å². The quantitative estimate of drug-likeness (QED) is 0.537. The van der Waals surface area contributed by atoms with Crippen molar-refractivity contribution in [2.75, 3.05) is 18.6 Å². The first-order valence-electron chi connectivity index (χ1n) is 8.34. The molecule has 2 rings (SSSR count). The molecule has 0 fully saturated rings. The van der Waals surface area contributed by atoms with Crippen LogP contribution in [-0.2, 0) is 14.3 Å². The molecule has 0 aromatic heterocycles. The van der Waals surface area contributed by atoms with Crippen LogP contribution in [0, 0.1) is 5.41 Å². The number of thioether (sulfide) groups is 1. The molecule has 0 N–H and O–H groups in total. The van der Waals surface area contributed by atoms with Crippen LogP contribution in [0.5, 0.6) is 0 Å². The highest BCUT2D eigenvalue weighted by atomic mass is 32.2. The molecule has 1 aliphatic heterocycles. The lowest BCUT2D eigenvalue weighted by Gasteiger charge is -2.25. The summed E-state index contributed by atoms with van der Waals surface area (Å²) in [7, 11) is 0. The molecule has 0 bridgehead atoms. The zero-order valence-electron chi connectivity index (χ0n) is 15.4. The van der Waals surface area contributed by atoms with Gasteiger partial charge in [-0.15, -0.1) is 0 Å². The number of imide groups is 1. The first-order valence-corrected chi connectivity index (χ1v) is 9.73. The van der Waals surface area contributed by atoms with Gasteiger partial charge >= 0.3 is 5.97 Å². The average molecular weight is 377 g/mol. The highest BCUT2D eigenvalue weighted by molar-refractivity contribution is 7.98. The Morgan fingerprint density at radius 3 is 2.12 bits per heavy atom. The first kappa shape index (κ1) is 20.2. The van der Waals surface area contributed by atoms with E-state index in [0.717, 1.165) is 4.90 Å². The van der Waals surface area contributed by atoms with E-state index in [4.69, 9.17) is 4.74 Å². The number of benzene rings is 1. The van der Waals surface area contributed by atoms with E-state index in [1.54, 1.807) is 45.0 Å². The Kier molecular flexibility index (Phi) is 6.23. The number of carbonyl (C=O) groups is 4. The summed E-state index contributed by atoms with van der Waals surface area (Å²) in [5.74, 6) is -1.39. The number of amides is 2. The summed E-state index contributed by atoms with van der Waals surface area (Å²) in [5, 5.41) is 0. The largest absolute Gasteiger partial charge is 0.456 e. The van der Waals surface area contributed by atoms with Crippen molar-refractivity contribution in [1.29, 1.82) is 0 Å². The van der Waals surface area contributed by atoms with Crippen molar-refractivity contribution in [2.24, 2.45) is 5.41 Å². The van der Waals surface area contributed by atoms with E-state index in [1.807, 2.05) is 6.26 Å². The number of hydrogen-bond donors (Lipinski definition) is 0. The molecule has 26 heavy (non-hydrogen) atoms. The summed E-state index contributed by atoms with van der Waals surface area (Å²) >= 11 is 1.50. The topological polar surface area (TPSA) is 80.8 Å². The Morgan fingerprint density at radius 2 is 1.65 bits per heavy atom. The second-order valence-electron chi connectivity index (χ2n) is 7.10. The summed E-state index contributed by atoms with van der Waals surface area (Å²) in [6.07, 6.45) is 2.14. The van der Waals surface area contributed by atoms with E-state index in [1.165, 1.54) is 11.8 Å². The van der Waals surface area contributed by atoms with Crippen molar-refractivity contribution in [1.82, 2.24) is 4.90 Å². The number of hydrogen-bond acceptors (Lipinski definition) is 6. The third kappa shape index (κ3) is 4.15. The van der Waals surface area contributed by atoms with Crippen LogP contribution >= 0.6 is 11.8 Å². The van der Waals surface area contributed by atoms with Crippen LogP contribution in [0.4, 0.5) is 0 Å². The first-order chi connectivity index (χ1) is 12.2. The summed E-state index contributed by atoms with van der Waals surface area (Å²) in [6.45, 7) is 4.83. The molecule has 0 radical (unpaired) electrons. The Hall–Kier alpha value is -2.15. The fourth-order valence-electron chi connectivity index (χ4n) is 2.52. The van der Waals surface area contributed by atoms with Crippen LogP contribution in [-0.4, -0.2) is 53.1 Å². The molecule has 140 valence electrons. The molecular weight excluding hydrogens is 354 g/mol. The van der Waals surface area contributed by atoms with Gasteiger partial charge in [-0.2, -0.15) is 11.8 Å². The standard InChI is InChI=1S/C19H23NO5S/c1-19(2,3)15(21)11-25-18(24)14(9-10-26-4)20-16(22)12-7-5-6-8-13(12)17(20)23/h5-8,14H,9-11H2,1-4H3/t14-/m1/s1. The molecule has 1 heterocycles. The van der Waals surface area contributed by atoms with Crippen LogP contribution in [0.25, 0.3) is 0 Å². The van der Waals surface area contributed by atoms with E-state index in [2.05, 4.69) is 0 Å². The molecule has 0 saturated heterocycles. The van der Waals surface area contributed by atoms with Crippen molar-refractivity contribution in [3.05, 3.63) is 35.4 Å². The zero-order chi connectivity index (χ0) is 19.5. The lowest BCUT2D eigenvalue weighted by atomic mass is 9.91. The van der Waals surface area contributed by atoms with E-state index in [9.17, 15) is 19.2 Å². The van der Waals surface area contributed by atoms with Gasteiger partial charge in [-0.1, -0.05) is 32.9 Å². The number of nitrogens with zero attached hydrogens (tertiary/aromatic N) is 1. The SMILES string of the molecule is CSCC[C@H](C(=O)OCC(=O)C(C)(C)C)N1C(=O)c2ccccc2C1=O. The van der Waals surface area contributed by atoms with E-state index in [0.29, 0.717) is 5.75 Å². The van der Waals surface area contributed by atoms with Crippen LogP contribution in [0.1, 0.15) is 47.9 Å². The second-order valence-corrected chi connectivity index (χ2v) is 8.09. The monoisotopic (exact) mass is 377 g/mol. The zero-order valence-corrected chi connectivity index (χ0v) is 16.2. The molecule has 1 atom stereocenters. The van der Waals surface area contributed by atoms with Crippen molar-refractivity contribution in [3.63, 3.8) is 0 Å². The molecule has 6 nitrogen and oxygen atoms in total. The third-order valence-electron chi connectivity index (χ3n) is 4.19. The van der Waals surface area contributed by atoms with Crippen molar-refractivity contribution >= 4 is 35.3 Å². The van der Waals surface area contributed by atoms with Gasteiger partial charge in [0.25, 0.3) is 11.8 Å². The summed E-state index contributed by atoms with van der Waals surface area (Å²) < 4.78 is 5.15. The molecular formula is C19H23NO5S. The predicted octanol–water partition coefficient (Wildman–Crippen LogP) is 2.56. The molecule has 2 amide bonds. The minimum absolute atomic E-state index is 0.225. The van der Waals surface area contributed by atoms with Gasteiger partial charge in [0.15, 0.2) is 12.4 Å². The van der Waals surface area contributed by atoms with Gasteiger partial charge in [0.2, 0.25) is 0 Å². The summed E-state index contributed by atoms with van der Waals surface area (Å²) in [6, 6.07) is 5.43. The number of esters is 1. The second kappa shape index (κ2) is 8.03. The van der Waals surface area contributed by atoms with Gasteiger partial charge in [-0.25, -0.2) is 4.79 Å². The molecule has 1 aromatic rings. The van der Waals surface area contributed by atoms with Gasteiger partial charge in [0.1, 0.15) is 6.04 Å². The molecule has 0 unspecified atom stereocenters. The summed E-state index contributed by atoms with van der Waals surface area (Å²) in [5.41, 5.74) is -0.0691. The van der Waals surface area contributed by atoms with E-state index in [-0.39, 0.29) is 29.9 Å². The highest BCUT2D eigenvalue weighted by Crippen LogP contribution is 2.26. The van der Waals surface area contributed by atoms with Crippen molar-refractivity contribution in [3.8, 4) is 0 Å². The normalized spacial score (nSPS) is 15.0. The number of Topliss-reactive ketones (excluding diaryl/α,β-unsaturated/α-hetero) is 1. The van der Waals surface area contributed by atoms with Crippen LogP contribution < -0.4 is 0 Å². The van der Waals surface area contributed by atoms with Crippen molar-refractivity contribution < 1.29 is 23.9 Å². The van der Waals surface area contributed by atoms with Gasteiger partial charge in [0, 0.05) is 5.41 Å². The lowest BCUT2D eigenvalue weighted by molar-refractivity contribution is -0.153. The van der Waals surface area contributed by atoms with Crippen LogP contribution in [0.15, 0.2) is 24.3 Å². The number of carbonyl (C=O) groups excluding carboxylic acids is 4. The molecule has 0 aliphatic carbocycles. The number of rotatable bonds is 7. The Bertz CT molecular complexity index is 703. The maximum Gasteiger partial charge on any atom is 0.329 e. The number of fused-ring (bicyclic) bond motifs is 1. The summed E-state index contributed by atoms with van der Waals surface area (Å²) in [4.78, 5) is 50.8. The van der Waals surface area contributed by atoms with Gasteiger partial charge in [0.05, 0.1) is 11.1 Å². The number of ether oxygens (including phenoxy) is 1. The molecule has 0 saturated carbocycles. The van der Waals surface area contributed by atoms with Gasteiger partial charge in [-0.05, 0) is 30.6 Å². The average Bonchev–Trinajstić information content (AvgIpc) is 2.84. The highest BCUT2D eigenvalue weighted by Gasteiger charge is 2.43. The van der Waals surface area contributed by atoms with Gasteiger partial charge in [-0.3, -0.25) is 19.3 Å². The minimum Gasteiger partial charge on any atom is -0.456 e. The fraction of sp³-hybridized carbons (Fsp3) is 0.474. The molecule has 1 aromatic carbocycles. The maximum absolute atomic E-state index is 12.6. The maximum atomic E-state index is 12.6. The van der Waals surface area contributed by atoms with Crippen LogP contribution in [0.2, 0.25) is 0 Å². The van der Waals surface area contributed by atoms with E-state index >= 15 is 0 Å². The molecule has 0 spiro atoms. The molecule has 7 heteroatoms. The third-order valence-corrected chi connectivity index (χ3v) is 4.83. The van der Waals surface area contributed by atoms with Crippen molar-refractivity contribution in [2.45, 2.75) is 33.2 Å².